The van der Waals surface area contributed by atoms with Crippen molar-refractivity contribution in [1.82, 2.24) is 10.3 Å². The molecule has 0 fully saturated rings. The smallest absolute Gasteiger partial charge is 0.255 e. The van der Waals surface area contributed by atoms with E-state index in [1.807, 2.05) is 44.2 Å². The zero-order chi connectivity index (χ0) is 19.2. The fraction of sp³-hybridized carbons (Fsp3) is 0.136. The highest BCUT2D eigenvalue weighted by atomic mass is 16.2. The molecule has 0 spiro atoms. The number of aryl methyl sites for hydroxylation is 2. The van der Waals surface area contributed by atoms with Crippen molar-refractivity contribution >= 4 is 17.5 Å². The van der Waals surface area contributed by atoms with E-state index < -0.39 is 0 Å². The summed E-state index contributed by atoms with van der Waals surface area (Å²) in [5.74, 6) is -0.483. The lowest BCUT2D eigenvalue weighted by atomic mass is 10.1. The van der Waals surface area contributed by atoms with Gasteiger partial charge in [-0.25, -0.2) is 0 Å². The Labute approximate surface area is 158 Å². The number of carbonyl (C=O) groups excluding carboxylic acids is 2. The first-order chi connectivity index (χ1) is 13.0. The van der Waals surface area contributed by atoms with Crippen LogP contribution >= 0.6 is 0 Å². The molecule has 3 aromatic rings. The van der Waals surface area contributed by atoms with Crippen LogP contribution in [0.4, 0.5) is 5.69 Å². The summed E-state index contributed by atoms with van der Waals surface area (Å²) in [7, 11) is 0. The Kier molecular flexibility index (Phi) is 5.61. The lowest BCUT2D eigenvalue weighted by molar-refractivity contribution is 0.0951. The van der Waals surface area contributed by atoms with Gasteiger partial charge in [-0.15, -0.1) is 0 Å². The van der Waals surface area contributed by atoms with E-state index in [0.29, 0.717) is 17.7 Å². The van der Waals surface area contributed by atoms with Crippen LogP contribution in [0.2, 0.25) is 0 Å². The van der Waals surface area contributed by atoms with Crippen LogP contribution in [-0.2, 0) is 6.54 Å². The lowest BCUT2D eigenvalue weighted by Crippen LogP contribution is -2.23. The van der Waals surface area contributed by atoms with Crippen LogP contribution in [0.5, 0.6) is 0 Å². The number of carbonyl (C=O) groups is 2. The number of nitrogens with one attached hydrogen (secondary N) is 2. The van der Waals surface area contributed by atoms with Gasteiger partial charge < -0.3 is 10.6 Å². The van der Waals surface area contributed by atoms with Crippen LogP contribution in [0.1, 0.15) is 37.4 Å². The van der Waals surface area contributed by atoms with Gasteiger partial charge in [-0.05, 0) is 55.3 Å². The zero-order valence-electron chi connectivity index (χ0n) is 15.3. The highest BCUT2D eigenvalue weighted by Crippen LogP contribution is 2.17. The Balaban J connectivity index is 1.68. The van der Waals surface area contributed by atoms with Crippen molar-refractivity contribution in [2.75, 3.05) is 5.32 Å². The molecule has 0 unspecified atom stereocenters. The molecule has 27 heavy (non-hydrogen) atoms. The average Bonchev–Trinajstić information content (AvgIpc) is 2.69. The van der Waals surface area contributed by atoms with Crippen LogP contribution in [0.3, 0.4) is 0 Å². The van der Waals surface area contributed by atoms with Gasteiger partial charge in [-0.3, -0.25) is 14.6 Å². The Morgan fingerprint density at radius 3 is 2.41 bits per heavy atom. The van der Waals surface area contributed by atoms with Gasteiger partial charge in [-0.2, -0.15) is 0 Å². The molecular weight excluding hydrogens is 338 g/mol. The Hall–Kier alpha value is -3.47. The van der Waals surface area contributed by atoms with Crippen LogP contribution in [0.15, 0.2) is 67.0 Å². The molecule has 136 valence electrons. The van der Waals surface area contributed by atoms with Crippen molar-refractivity contribution in [3.05, 3.63) is 94.8 Å². The second-order valence-corrected chi connectivity index (χ2v) is 6.40. The Bertz CT molecular complexity index is 968. The van der Waals surface area contributed by atoms with Gasteiger partial charge in [0.1, 0.15) is 0 Å². The van der Waals surface area contributed by atoms with Crippen LogP contribution in [0, 0.1) is 13.8 Å². The minimum Gasteiger partial charge on any atom is -0.348 e. The number of anilines is 1. The van der Waals surface area contributed by atoms with Crippen LogP contribution in [0.25, 0.3) is 0 Å². The third kappa shape index (κ3) is 4.79. The average molecular weight is 359 g/mol. The maximum absolute atomic E-state index is 12.6. The quantitative estimate of drug-likeness (QED) is 0.726. The third-order valence-corrected chi connectivity index (χ3v) is 4.19. The van der Waals surface area contributed by atoms with Gasteiger partial charge in [0.05, 0.1) is 0 Å². The van der Waals surface area contributed by atoms with E-state index in [1.165, 1.54) is 0 Å². The second-order valence-electron chi connectivity index (χ2n) is 6.40. The minimum atomic E-state index is -0.246. The second kappa shape index (κ2) is 8.27. The predicted octanol–water partition coefficient (Wildman–Crippen LogP) is 3.88. The summed E-state index contributed by atoms with van der Waals surface area (Å²) >= 11 is 0. The van der Waals surface area contributed by atoms with E-state index >= 15 is 0 Å². The van der Waals surface area contributed by atoms with E-state index in [0.717, 1.165) is 22.4 Å². The van der Waals surface area contributed by atoms with E-state index in [2.05, 4.69) is 15.6 Å². The SMILES string of the molecule is Cc1ccc(NC(=O)c2cccc(C(=O)NCc3cccnc3)c2)c(C)c1. The summed E-state index contributed by atoms with van der Waals surface area (Å²) < 4.78 is 0. The molecule has 0 aliphatic carbocycles. The van der Waals surface area contributed by atoms with Crippen molar-refractivity contribution in [2.45, 2.75) is 20.4 Å². The largest absolute Gasteiger partial charge is 0.348 e. The van der Waals surface area contributed by atoms with Crippen molar-refractivity contribution in [3.63, 3.8) is 0 Å². The number of amides is 2. The number of pyridine rings is 1. The van der Waals surface area contributed by atoms with Crippen LogP contribution in [-0.4, -0.2) is 16.8 Å². The number of nitrogens with zero attached hydrogens (tertiary/aromatic N) is 1. The van der Waals surface area contributed by atoms with Crippen molar-refractivity contribution < 1.29 is 9.59 Å². The molecule has 2 aromatic carbocycles. The summed E-state index contributed by atoms with van der Waals surface area (Å²) in [6.07, 6.45) is 3.39. The topological polar surface area (TPSA) is 71.1 Å². The fourth-order valence-electron chi connectivity index (χ4n) is 2.74. The first kappa shape index (κ1) is 18.3. The van der Waals surface area contributed by atoms with Crippen molar-refractivity contribution in [1.29, 1.82) is 0 Å². The fourth-order valence-corrected chi connectivity index (χ4v) is 2.74. The summed E-state index contributed by atoms with van der Waals surface area (Å²) in [5, 5.41) is 5.73. The van der Waals surface area contributed by atoms with Crippen molar-refractivity contribution in [2.24, 2.45) is 0 Å². The van der Waals surface area contributed by atoms with E-state index in [4.69, 9.17) is 0 Å². The van der Waals surface area contributed by atoms with Crippen LogP contribution < -0.4 is 10.6 Å². The van der Waals surface area contributed by atoms with Gasteiger partial charge in [0.2, 0.25) is 0 Å². The zero-order valence-corrected chi connectivity index (χ0v) is 15.3. The number of hydrogen-bond donors (Lipinski definition) is 2. The molecule has 0 aliphatic heterocycles. The predicted molar refractivity (Wildman–Crippen MR) is 106 cm³/mol. The molecule has 0 radical (unpaired) electrons. The molecule has 1 heterocycles. The molecule has 3 rings (SSSR count). The molecule has 5 nitrogen and oxygen atoms in total. The van der Waals surface area contributed by atoms with E-state index in [1.54, 1.807) is 36.7 Å². The Morgan fingerprint density at radius 1 is 0.926 bits per heavy atom. The number of aromatic nitrogens is 1. The molecule has 0 saturated carbocycles. The number of hydrogen-bond acceptors (Lipinski definition) is 3. The third-order valence-electron chi connectivity index (χ3n) is 4.19. The molecule has 0 bridgehead atoms. The monoisotopic (exact) mass is 359 g/mol. The maximum atomic E-state index is 12.6. The molecule has 0 atom stereocenters. The number of benzene rings is 2. The molecule has 2 amide bonds. The first-order valence-corrected chi connectivity index (χ1v) is 8.69. The van der Waals surface area contributed by atoms with Crippen molar-refractivity contribution in [3.8, 4) is 0 Å². The minimum absolute atomic E-state index is 0.236. The lowest BCUT2D eigenvalue weighted by Gasteiger charge is -2.10. The summed E-state index contributed by atoms with van der Waals surface area (Å²) in [5.41, 5.74) is 4.68. The summed E-state index contributed by atoms with van der Waals surface area (Å²) in [6, 6.07) is 16.2. The maximum Gasteiger partial charge on any atom is 0.255 e. The standard InChI is InChI=1S/C22H21N3O2/c1-15-8-9-20(16(2)11-15)25-22(27)19-7-3-6-18(12-19)21(26)24-14-17-5-4-10-23-13-17/h3-13H,14H2,1-2H3,(H,24,26)(H,25,27). The molecule has 0 aliphatic rings. The molecule has 5 heteroatoms. The van der Waals surface area contributed by atoms with Gasteiger partial charge in [0.15, 0.2) is 0 Å². The molecule has 2 N–H and O–H groups in total. The molecule has 1 aromatic heterocycles. The normalized spacial score (nSPS) is 10.3. The molecule has 0 saturated heterocycles. The summed E-state index contributed by atoms with van der Waals surface area (Å²) in [4.78, 5) is 29.0. The van der Waals surface area contributed by atoms with E-state index in [-0.39, 0.29) is 11.8 Å². The van der Waals surface area contributed by atoms with Gasteiger partial charge in [-0.1, -0.05) is 29.8 Å². The first-order valence-electron chi connectivity index (χ1n) is 8.69. The molecular formula is C22H21N3O2. The number of rotatable bonds is 5. The Morgan fingerprint density at radius 2 is 1.70 bits per heavy atom. The van der Waals surface area contributed by atoms with E-state index in [9.17, 15) is 9.59 Å². The highest BCUT2D eigenvalue weighted by Gasteiger charge is 2.11. The van der Waals surface area contributed by atoms with Gasteiger partial charge >= 0.3 is 0 Å². The van der Waals surface area contributed by atoms with Gasteiger partial charge in [0.25, 0.3) is 11.8 Å². The highest BCUT2D eigenvalue weighted by molar-refractivity contribution is 6.06. The summed E-state index contributed by atoms with van der Waals surface area (Å²) in [6.45, 7) is 4.34. The van der Waals surface area contributed by atoms with Gasteiger partial charge in [0, 0.05) is 35.8 Å².